The molecule has 1 aliphatic rings. The van der Waals surface area contributed by atoms with Crippen LogP contribution in [0.2, 0.25) is 0 Å². The lowest BCUT2D eigenvalue weighted by atomic mass is 9.97. The average molecular weight is 216 g/mol. The highest BCUT2D eigenvalue weighted by Gasteiger charge is 2.24. The van der Waals surface area contributed by atoms with E-state index in [-0.39, 0.29) is 0 Å². The molecule has 0 radical (unpaired) electrons. The average Bonchev–Trinajstić information content (AvgIpc) is 2.73. The summed E-state index contributed by atoms with van der Waals surface area (Å²) in [6, 6.07) is 4.25. The molecule has 0 aliphatic heterocycles. The van der Waals surface area contributed by atoms with Crippen molar-refractivity contribution in [3.63, 3.8) is 0 Å². The van der Waals surface area contributed by atoms with E-state index < -0.39 is 0 Å². The van der Waals surface area contributed by atoms with Gasteiger partial charge in [-0.15, -0.1) is 0 Å². The van der Waals surface area contributed by atoms with Crippen LogP contribution < -0.4 is 5.32 Å². The largest absolute Gasteiger partial charge is 0.319 e. The van der Waals surface area contributed by atoms with E-state index in [0.717, 1.165) is 13.0 Å². The fourth-order valence-corrected chi connectivity index (χ4v) is 2.44. The van der Waals surface area contributed by atoms with E-state index in [4.69, 9.17) is 0 Å². The first-order chi connectivity index (χ1) is 7.83. The summed E-state index contributed by atoms with van der Waals surface area (Å²) in [5.74, 6) is 0.563. The molecule has 0 saturated heterocycles. The molecule has 0 bridgehead atoms. The Hall–Kier alpha value is -1.15. The molecule has 2 heteroatoms. The van der Waals surface area contributed by atoms with E-state index >= 15 is 0 Å². The zero-order valence-corrected chi connectivity index (χ0v) is 10.2. The molecule has 2 rings (SSSR count). The van der Waals surface area contributed by atoms with Gasteiger partial charge in [-0.3, -0.25) is 4.98 Å². The topological polar surface area (TPSA) is 24.9 Å². The van der Waals surface area contributed by atoms with Crippen LogP contribution in [-0.2, 0) is 6.42 Å². The van der Waals surface area contributed by atoms with Gasteiger partial charge in [0.1, 0.15) is 0 Å². The maximum Gasteiger partial charge on any atom is 0.0506 e. The third-order valence-corrected chi connectivity index (χ3v) is 3.37. The van der Waals surface area contributed by atoms with Crippen molar-refractivity contribution in [2.75, 3.05) is 13.6 Å². The Kier molecular flexibility index (Phi) is 3.73. The highest BCUT2D eigenvalue weighted by molar-refractivity contribution is 5.34. The molecular formula is C14H20N2. The predicted molar refractivity (Wildman–Crippen MR) is 67.6 cm³/mol. The van der Waals surface area contributed by atoms with E-state index in [2.05, 4.69) is 29.4 Å². The van der Waals surface area contributed by atoms with Crippen molar-refractivity contribution in [3.05, 3.63) is 41.2 Å². The van der Waals surface area contributed by atoms with Gasteiger partial charge < -0.3 is 5.32 Å². The second-order valence-electron chi connectivity index (χ2n) is 4.48. The number of aromatic nitrogens is 1. The zero-order chi connectivity index (χ0) is 11.4. The van der Waals surface area contributed by atoms with Gasteiger partial charge >= 0.3 is 0 Å². The lowest BCUT2D eigenvalue weighted by Crippen LogP contribution is -2.06. The maximum absolute atomic E-state index is 4.53. The summed E-state index contributed by atoms with van der Waals surface area (Å²) in [5, 5.41) is 3.17. The summed E-state index contributed by atoms with van der Waals surface area (Å²) in [4.78, 5) is 4.53. The summed E-state index contributed by atoms with van der Waals surface area (Å²) in [6.45, 7) is 3.29. The number of hydrogen-bond donors (Lipinski definition) is 1. The van der Waals surface area contributed by atoms with Crippen molar-refractivity contribution in [2.45, 2.75) is 32.1 Å². The van der Waals surface area contributed by atoms with E-state index in [0.29, 0.717) is 5.92 Å². The number of nitrogens with one attached hydrogen (secondary N) is 1. The Balaban J connectivity index is 2.09. The summed E-state index contributed by atoms with van der Waals surface area (Å²) in [7, 11) is 2.00. The first-order valence-corrected chi connectivity index (χ1v) is 6.08. The van der Waals surface area contributed by atoms with Crippen molar-refractivity contribution in [3.8, 4) is 0 Å². The van der Waals surface area contributed by atoms with E-state index in [9.17, 15) is 0 Å². The molecule has 1 N–H and O–H groups in total. The lowest BCUT2D eigenvalue weighted by molar-refractivity contribution is 0.740. The number of aryl methyl sites for hydroxylation is 1. The van der Waals surface area contributed by atoms with Crippen LogP contribution in [0.15, 0.2) is 30.0 Å². The molecule has 1 aromatic rings. The van der Waals surface area contributed by atoms with Gasteiger partial charge in [0, 0.05) is 12.1 Å². The minimum atomic E-state index is 0.563. The monoisotopic (exact) mass is 216 g/mol. The Morgan fingerprint density at radius 3 is 3.31 bits per heavy atom. The molecule has 86 valence electrons. The Morgan fingerprint density at radius 2 is 2.50 bits per heavy atom. The first-order valence-electron chi connectivity index (χ1n) is 6.08. The summed E-state index contributed by atoms with van der Waals surface area (Å²) < 4.78 is 0. The molecule has 2 nitrogen and oxygen atoms in total. The highest BCUT2D eigenvalue weighted by atomic mass is 14.8. The fraction of sp³-hybridized carbons (Fsp3) is 0.500. The highest BCUT2D eigenvalue weighted by Crippen LogP contribution is 2.36. The summed E-state index contributed by atoms with van der Waals surface area (Å²) in [6.07, 6.45) is 7.79. The normalized spacial score (nSPS) is 19.9. The van der Waals surface area contributed by atoms with Crippen molar-refractivity contribution < 1.29 is 0 Å². The van der Waals surface area contributed by atoms with Crippen LogP contribution in [-0.4, -0.2) is 18.6 Å². The number of rotatable bonds is 4. The first kappa shape index (κ1) is 11.3. The van der Waals surface area contributed by atoms with E-state index in [1.54, 1.807) is 0 Å². The van der Waals surface area contributed by atoms with Crippen LogP contribution >= 0.6 is 0 Å². The van der Waals surface area contributed by atoms with Gasteiger partial charge in [0.25, 0.3) is 0 Å². The quantitative estimate of drug-likeness (QED) is 0.618. The van der Waals surface area contributed by atoms with Crippen LogP contribution in [0.4, 0.5) is 0 Å². The number of hydrogen-bond acceptors (Lipinski definition) is 2. The molecule has 16 heavy (non-hydrogen) atoms. The molecule has 0 saturated carbocycles. The van der Waals surface area contributed by atoms with Crippen LogP contribution in [0.25, 0.3) is 0 Å². The molecular weight excluding hydrogens is 196 g/mol. The molecule has 0 amide bonds. The van der Waals surface area contributed by atoms with Gasteiger partial charge in [0.05, 0.1) is 5.69 Å². The summed E-state index contributed by atoms with van der Waals surface area (Å²) in [5.41, 5.74) is 4.22. The van der Waals surface area contributed by atoms with Crippen molar-refractivity contribution in [1.29, 1.82) is 0 Å². The molecule has 0 aromatic carbocycles. The smallest absolute Gasteiger partial charge is 0.0506 e. The Morgan fingerprint density at radius 1 is 1.62 bits per heavy atom. The van der Waals surface area contributed by atoms with Crippen LogP contribution in [0.5, 0.6) is 0 Å². The number of fused-ring (bicyclic) bond motifs is 1. The minimum absolute atomic E-state index is 0.563. The third kappa shape index (κ3) is 2.33. The lowest BCUT2D eigenvalue weighted by Gasteiger charge is -2.11. The number of pyridine rings is 1. The molecule has 1 aromatic heterocycles. The van der Waals surface area contributed by atoms with Gasteiger partial charge in [-0.2, -0.15) is 0 Å². The van der Waals surface area contributed by atoms with Crippen molar-refractivity contribution >= 4 is 0 Å². The fourth-order valence-electron chi connectivity index (χ4n) is 2.44. The van der Waals surface area contributed by atoms with Gasteiger partial charge in [0.15, 0.2) is 0 Å². The molecule has 1 aliphatic carbocycles. The third-order valence-electron chi connectivity index (χ3n) is 3.37. The van der Waals surface area contributed by atoms with Crippen LogP contribution in [0.1, 0.15) is 36.9 Å². The Labute approximate surface area is 97.8 Å². The van der Waals surface area contributed by atoms with E-state index in [1.165, 1.54) is 29.7 Å². The molecule has 1 atom stereocenters. The van der Waals surface area contributed by atoms with Gasteiger partial charge in [-0.1, -0.05) is 17.7 Å². The molecule has 1 unspecified atom stereocenters. The van der Waals surface area contributed by atoms with Crippen molar-refractivity contribution in [2.24, 2.45) is 0 Å². The van der Waals surface area contributed by atoms with Gasteiger partial charge in [-0.05, 0) is 51.4 Å². The molecule has 0 fully saturated rings. The predicted octanol–water partition coefficient (Wildman–Crippen LogP) is 2.67. The number of nitrogens with zero attached hydrogens (tertiary/aromatic N) is 1. The minimum Gasteiger partial charge on any atom is -0.319 e. The maximum atomic E-state index is 4.53. The second-order valence-corrected chi connectivity index (χ2v) is 4.48. The van der Waals surface area contributed by atoms with Crippen LogP contribution in [0, 0.1) is 0 Å². The van der Waals surface area contributed by atoms with Crippen molar-refractivity contribution in [1.82, 2.24) is 10.3 Å². The van der Waals surface area contributed by atoms with Gasteiger partial charge in [-0.25, -0.2) is 0 Å². The van der Waals surface area contributed by atoms with Crippen LogP contribution in [0.3, 0.4) is 0 Å². The summed E-state index contributed by atoms with van der Waals surface area (Å²) >= 11 is 0. The number of allylic oxidation sites excluding steroid dienone is 1. The second kappa shape index (κ2) is 5.26. The standard InChI is InChI=1S/C14H20N2/c1-11(5-3-9-15-2)13-8-7-12-6-4-10-16-14(12)13/h4-6,10,13,15H,3,7-9H2,1-2H3. The zero-order valence-electron chi connectivity index (χ0n) is 10.2. The molecule has 1 heterocycles. The van der Waals surface area contributed by atoms with Gasteiger partial charge in [0.2, 0.25) is 0 Å². The SMILES string of the molecule is CNCCC=C(C)C1CCc2cccnc21. The van der Waals surface area contributed by atoms with E-state index in [1.807, 2.05) is 19.3 Å². The Bertz CT molecular complexity index is 382. The molecule has 0 spiro atoms.